The Labute approximate surface area is 150 Å². The second-order valence-electron chi connectivity index (χ2n) is 5.56. The molecule has 0 bridgehead atoms. The van der Waals surface area contributed by atoms with Gasteiger partial charge in [-0.25, -0.2) is 5.43 Å². The number of amides is 2. The van der Waals surface area contributed by atoms with E-state index in [9.17, 15) is 19.7 Å². The molecule has 2 N–H and O–H groups in total. The minimum Gasteiger partial charge on any atom is -0.326 e. The molecule has 2 aromatic carbocycles. The molecule has 2 amide bonds. The van der Waals surface area contributed by atoms with Crippen molar-refractivity contribution in [3.05, 3.63) is 69.8 Å². The standard InChI is InChI=1S/C18H18N4O4/c1-13-5-7-15(8-6-13)20-17(23)9-10-18(24)21-19-12-14-3-2-4-16(11-14)22(25)26/h2-8,11-12H,9-10H2,1H3,(H,20,23)(H,21,24). The molecule has 0 aliphatic carbocycles. The summed E-state index contributed by atoms with van der Waals surface area (Å²) in [5.74, 6) is -0.697. The number of nitro benzene ring substituents is 1. The van der Waals surface area contributed by atoms with Crippen molar-refractivity contribution in [2.45, 2.75) is 19.8 Å². The highest BCUT2D eigenvalue weighted by molar-refractivity contribution is 5.93. The van der Waals surface area contributed by atoms with Crippen molar-refractivity contribution in [3.8, 4) is 0 Å². The summed E-state index contributed by atoms with van der Waals surface area (Å²) >= 11 is 0. The van der Waals surface area contributed by atoms with Gasteiger partial charge in [-0.1, -0.05) is 29.8 Å². The lowest BCUT2D eigenvalue weighted by Crippen LogP contribution is -2.20. The smallest absolute Gasteiger partial charge is 0.270 e. The van der Waals surface area contributed by atoms with Crippen LogP contribution in [-0.2, 0) is 9.59 Å². The Hall–Kier alpha value is -3.55. The first kappa shape index (κ1) is 18.8. The van der Waals surface area contributed by atoms with Crippen molar-refractivity contribution in [2.24, 2.45) is 5.10 Å². The lowest BCUT2D eigenvalue weighted by Gasteiger charge is -2.05. The van der Waals surface area contributed by atoms with Crippen LogP contribution in [0.3, 0.4) is 0 Å². The highest BCUT2D eigenvalue weighted by Gasteiger charge is 2.07. The number of nitrogens with zero attached hydrogens (tertiary/aromatic N) is 2. The van der Waals surface area contributed by atoms with Gasteiger partial charge in [0.05, 0.1) is 11.1 Å². The second kappa shape index (κ2) is 9.07. The van der Waals surface area contributed by atoms with Crippen LogP contribution in [0.5, 0.6) is 0 Å². The number of hydrogen-bond donors (Lipinski definition) is 2. The molecule has 8 heteroatoms. The van der Waals surface area contributed by atoms with Gasteiger partial charge in [0.15, 0.2) is 0 Å². The van der Waals surface area contributed by atoms with Crippen molar-refractivity contribution >= 4 is 29.4 Å². The third kappa shape index (κ3) is 6.16. The fraction of sp³-hybridized carbons (Fsp3) is 0.167. The van der Waals surface area contributed by atoms with Gasteiger partial charge in [-0.15, -0.1) is 0 Å². The monoisotopic (exact) mass is 354 g/mol. The Morgan fingerprint density at radius 2 is 1.81 bits per heavy atom. The minimum atomic E-state index is -0.511. The summed E-state index contributed by atoms with van der Waals surface area (Å²) in [5, 5.41) is 17.1. The summed E-state index contributed by atoms with van der Waals surface area (Å²) in [5.41, 5.74) is 4.47. The number of carbonyl (C=O) groups is 2. The molecule has 2 aromatic rings. The second-order valence-corrected chi connectivity index (χ2v) is 5.56. The minimum absolute atomic E-state index is 0.0199. The van der Waals surface area contributed by atoms with Gasteiger partial charge in [0.1, 0.15) is 0 Å². The molecule has 0 radical (unpaired) electrons. The first-order valence-corrected chi connectivity index (χ1v) is 7.87. The Bertz CT molecular complexity index is 831. The van der Waals surface area contributed by atoms with E-state index in [0.29, 0.717) is 11.3 Å². The summed E-state index contributed by atoms with van der Waals surface area (Å²) in [6.07, 6.45) is 1.30. The Kier molecular flexibility index (Phi) is 6.55. The van der Waals surface area contributed by atoms with Gasteiger partial charge in [-0.05, 0) is 19.1 Å². The van der Waals surface area contributed by atoms with Crippen LogP contribution in [0.15, 0.2) is 53.6 Å². The van der Waals surface area contributed by atoms with Crippen molar-refractivity contribution < 1.29 is 14.5 Å². The predicted octanol–water partition coefficient (Wildman–Crippen LogP) is 2.77. The zero-order valence-electron chi connectivity index (χ0n) is 14.1. The van der Waals surface area contributed by atoms with Crippen molar-refractivity contribution in [3.63, 3.8) is 0 Å². The van der Waals surface area contributed by atoms with Crippen LogP contribution in [-0.4, -0.2) is 23.0 Å². The third-order valence-corrected chi connectivity index (χ3v) is 3.40. The number of anilines is 1. The van der Waals surface area contributed by atoms with Gasteiger partial charge >= 0.3 is 0 Å². The van der Waals surface area contributed by atoms with Gasteiger partial charge in [-0.2, -0.15) is 5.10 Å². The van der Waals surface area contributed by atoms with Gasteiger partial charge in [0, 0.05) is 36.2 Å². The molecule has 0 aromatic heterocycles. The van der Waals surface area contributed by atoms with E-state index in [4.69, 9.17) is 0 Å². The number of hydrogen-bond acceptors (Lipinski definition) is 5. The SMILES string of the molecule is Cc1ccc(NC(=O)CCC(=O)NN=Cc2cccc([N+](=O)[O-])c2)cc1. The zero-order valence-corrected chi connectivity index (χ0v) is 14.1. The van der Waals surface area contributed by atoms with Crippen LogP contribution in [0.4, 0.5) is 11.4 Å². The Morgan fingerprint density at radius 3 is 2.50 bits per heavy atom. The van der Waals surface area contributed by atoms with Crippen molar-refractivity contribution in [1.29, 1.82) is 0 Å². The van der Waals surface area contributed by atoms with Gasteiger partial charge in [-0.3, -0.25) is 19.7 Å². The fourth-order valence-corrected chi connectivity index (χ4v) is 2.04. The molecule has 0 heterocycles. The molecule has 8 nitrogen and oxygen atoms in total. The van der Waals surface area contributed by atoms with Gasteiger partial charge < -0.3 is 5.32 Å². The maximum atomic E-state index is 11.8. The van der Waals surface area contributed by atoms with Crippen LogP contribution in [0.1, 0.15) is 24.0 Å². The van der Waals surface area contributed by atoms with Gasteiger partial charge in [0.25, 0.3) is 5.69 Å². The largest absolute Gasteiger partial charge is 0.326 e. The number of nitrogens with one attached hydrogen (secondary N) is 2. The Morgan fingerprint density at radius 1 is 1.12 bits per heavy atom. The molecule has 0 spiro atoms. The summed E-state index contributed by atoms with van der Waals surface area (Å²) < 4.78 is 0. The molecule has 0 aliphatic rings. The number of aryl methyl sites for hydroxylation is 1. The van der Waals surface area contributed by atoms with Crippen molar-refractivity contribution in [1.82, 2.24) is 5.43 Å². The van der Waals surface area contributed by atoms with Crippen LogP contribution in [0, 0.1) is 17.0 Å². The maximum absolute atomic E-state index is 11.8. The van der Waals surface area contributed by atoms with Crippen LogP contribution < -0.4 is 10.7 Å². The summed E-state index contributed by atoms with van der Waals surface area (Å²) in [7, 11) is 0. The highest BCUT2D eigenvalue weighted by Crippen LogP contribution is 2.11. The zero-order chi connectivity index (χ0) is 18.9. The highest BCUT2D eigenvalue weighted by atomic mass is 16.6. The molecule has 0 unspecified atom stereocenters. The van der Waals surface area contributed by atoms with E-state index in [0.717, 1.165) is 5.56 Å². The quantitative estimate of drug-likeness (QED) is 0.452. The van der Waals surface area contributed by atoms with Crippen LogP contribution in [0.2, 0.25) is 0 Å². The predicted molar refractivity (Wildman–Crippen MR) is 97.9 cm³/mol. The van der Waals surface area contributed by atoms with E-state index < -0.39 is 10.8 Å². The Balaban J connectivity index is 1.76. The molecule has 0 saturated heterocycles. The molecule has 0 atom stereocenters. The third-order valence-electron chi connectivity index (χ3n) is 3.40. The molecule has 0 aliphatic heterocycles. The van der Waals surface area contributed by atoms with E-state index in [1.54, 1.807) is 18.2 Å². The average molecular weight is 354 g/mol. The molecule has 0 fully saturated rings. The number of hydrazone groups is 1. The first-order valence-electron chi connectivity index (χ1n) is 7.87. The number of benzene rings is 2. The lowest BCUT2D eigenvalue weighted by molar-refractivity contribution is -0.384. The first-order chi connectivity index (χ1) is 12.4. The summed E-state index contributed by atoms with van der Waals surface area (Å²) in [6, 6.07) is 13.2. The topological polar surface area (TPSA) is 114 Å². The lowest BCUT2D eigenvalue weighted by atomic mass is 10.2. The molecular weight excluding hydrogens is 336 g/mol. The normalized spacial score (nSPS) is 10.5. The maximum Gasteiger partial charge on any atom is 0.270 e. The van der Waals surface area contributed by atoms with Crippen molar-refractivity contribution in [2.75, 3.05) is 5.32 Å². The molecule has 26 heavy (non-hydrogen) atoms. The van der Waals surface area contributed by atoms with Crippen LogP contribution >= 0.6 is 0 Å². The average Bonchev–Trinajstić information content (AvgIpc) is 2.62. The number of rotatable bonds is 7. The summed E-state index contributed by atoms with van der Waals surface area (Å²) in [4.78, 5) is 33.7. The molecule has 2 rings (SSSR count). The molecular formula is C18H18N4O4. The van der Waals surface area contributed by atoms with E-state index in [1.165, 1.54) is 24.4 Å². The summed E-state index contributed by atoms with van der Waals surface area (Å²) in [6.45, 7) is 1.95. The molecule has 134 valence electrons. The number of nitro groups is 1. The van der Waals surface area contributed by atoms with Gasteiger partial charge in [0.2, 0.25) is 11.8 Å². The van der Waals surface area contributed by atoms with Crippen LogP contribution in [0.25, 0.3) is 0 Å². The van der Waals surface area contributed by atoms with E-state index in [2.05, 4.69) is 15.8 Å². The molecule has 0 saturated carbocycles. The van der Waals surface area contributed by atoms with E-state index in [1.807, 2.05) is 19.1 Å². The fourth-order valence-electron chi connectivity index (χ4n) is 2.04. The number of carbonyl (C=O) groups excluding carboxylic acids is 2. The number of non-ortho nitro benzene ring substituents is 1. The van der Waals surface area contributed by atoms with E-state index >= 15 is 0 Å². The van der Waals surface area contributed by atoms with E-state index in [-0.39, 0.29) is 24.4 Å².